The van der Waals surface area contributed by atoms with Crippen molar-refractivity contribution in [3.8, 4) is 11.1 Å². The van der Waals surface area contributed by atoms with Gasteiger partial charge in [-0.25, -0.2) is 0 Å². The highest BCUT2D eigenvalue weighted by Gasteiger charge is 2.31. The van der Waals surface area contributed by atoms with Crippen molar-refractivity contribution in [3.05, 3.63) is 69.8 Å². The molecule has 0 nitrogen and oxygen atoms in total. The van der Waals surface area contributed by atoms with Gasteiger partial charge in [-0.2, -0.15) is 0 Å². The SMILES string of the molecule is CC(C)(C)C1=CCc2cc3c(cc21)-c1cc2c(cc1C3)CC=C2C(C)(C)C. The molecule has 0 atom stereocenters. The van der Waals surface area contributed by atoms with Crippen LogP contribution in [0.15, 0.2) is 36.4 Å². The summed E-state index contributed by atoms with van der Waals surface area (Å²) >= 11 is 0. The van der Waals surface area contributed by atoms with Gasteiger partial charge in [0.2, 0.25) is 0 Å². The number of rotatable bonds is 0. The smallest absolute Gasteiger partial charge is 0.00132 e. The van der Waals surface area contributed by atoms with Gasteiger partial charge in [-0.15, -0.1) is 0 Å². The lowest BCUT2D eigenvalue weighted by atomic mass is 9.81. The fraction of sp³-hybridized carbons (Fsp3) is 0.407. The average Bonchev–Trinajstić information content (AvgIpc) is 3.23. The van der Waals surface area contributed by atoms with Gasteiger partial charge in [-0.05, 0) is 97.9 Å². The molecule has 138 valence electrons. The van der Waals surface area contributed by atoms with Gasteiger partial charge in [0.15, 0.2) is 0 Å². The van der Waals surface area contributed by atoms with Crippen molar-refractivity contribution in [1.29, 1.82) is 0 Å². The number of hydrogen-bond acceptors (Lipinski definition) is 0. The van der Waals surface area contributed by atoms with E-state index in [4.69, 9.17) is 0 Å². The van der Waals surface area contributed by atoms with E-state index in [1.807, 2.05) is 0 Å². The molecular weight excluding hydrogens is 324 g/mol. The Morgan fingerprint density at radius 3 is 1.30 bits per heavy atom. The monoisotopic (exact) mass is 354 g/mol. The van der Waals surface area contributed by atoms with Crippen LogP contribution in [0, 0.1) is 10.8 Å². The van der Waals surface area contributed by atoms with Gasteiger partial charge in [0.1, 0.15) is 0 Å². The maximum absolute atomic E-state index is 2.50. The quantitative estimate of drug-likeness (QED) is 0.399. The summed E-state index contributed by atoms with van der Waals surface area (Å²) in [5.74, 6) is 0. The molecule has 0 aromatic heterocycles. The predicted octanol–water partition coefficient (Wildman–Crippen LogP) is 7.23. The number of allylic oxidation sites excluding steroid dienone is 4. The van der Waals surface area contributed by atoms with Gasteiger partial charge in [0.25, 0.3) is 0 Å². The average molecular weight is 355 g/mol. The van der Waals surface area contributed by atoms with E-state index in [2.05, 4.69) is 78.0 Å². The fourth-order valence-corrected chi connectivity index (χ4v) is 5.29. The number of hydrogen-bond donors (Lipinski definition) is 0. The normalized spacial score (nSPS) is 17.3. The van der Waals surface area contributed by atoms with E-state index in [0.29, 0.717) is 0 Å². The highest BCUT2D eigenvalue weighted by molar-refractivity contribution is 5.88. The zero-order valence-corrected chi connectivity index (χ0v) is 17.6. The Morgan fingerprint density at radius 1 is 0.519 bits per heavy atom. The summed E-state index contributed by atoms with van der Waals surface area (Å²) in [5, 5.41) is 0. The highest BCUT2D eigenvalue weighted by Crippen LogP contribution is 2.48. The summed E-state index contributed by atoms with van der Waals surface area (Å²) in [4.78, 5) is 0. The van der Waals surface area contributed by atoms with Crippen molar-refractivity contribution < 1.29 is 0 Å². The van der Waals surface area contributed by atoms with Crippen LogP contribution in [-0.2, 0) is 19.3 Å². The third-order valence-electron chi connectivity index (χ3n) is 6.58. The lowest BCUT2D eigenvalue weighted by Crippen LogP contribution is -2.07. The third-order valence-corrected chi connectivity index (χ3v) is 6.58. The van der Waals surface area contributed by atoms with E-state index in [0.717, 1.165) is 19.3 Å². The minimum absolute atomic E-state index is 0.209. The summed E-state index contributed by atoms with van der Waals surface area (Å²) < 4.78 is 0. The van der Waals surface area contributed by atoms with Crippen molar-refractivity contribution in [3.63, 3.8) is 0 Å². The molecule has 0 unspecified atom stereocenters. The summed E-state index contributed by atoms with van der Waals surface area (Å²) in [5.41, 5.74) is 15.5. The van der Waals surface area contributed by atoms with E-state index in [1.165, 1.54) is 55.7 Å². The second-order valence-electron chi connectivity index (χ2n) is 10.7. The molecule has 0 heteroatoms. The molecule has 0 amide bonds. The van der Waals surface area contributed by atoms with Crippen LogP contribution < -0.4 is 0 Å². The zero-order valence-electron chi connectivity index (χ0n) is 17.6. The van der Waals surface area contributed by atoms with Crippen LogP contribution in [0.5, 0.6) is 0 Å². The fourth-order valence-electron chi connectivity index (χ4n) is 5.29. The molecule has 2 aromatic carbocycles. The summed E-state index contributed by atoms with van der Waals surface area (Å²) in [6.45, 7) is 14.0. The summed E-state index contributed by atoms with van der Waals surface area (Å²) in [7, 11) is 0. The molecule has 0 aliphatic heterocycles. The van der Waals surface area contributed by atoms with E-state index in [9.17, 15) is 0 Å². The standard InChI is InChI=1S/C27H30/c1-26(2,3)24-9-7-16-11-18-13-19-12-17-8-10-25(27(4,5)6)23(17)15-21(19)20(18)14-22(16)24/h9-12,14-15H,7-8,13H2,1-6H3. The molecule has 5 rings (SSSR count). The predicted molar refractivity (Wildman–Crippen MR) is 117 cm³/mol. The van der Waals surface area contributed by atoms with Crippen LogP contribution in [0.2, 0.25) is 0 Å². The molecular formula is C27H30. The molecule has 3 aliphatic carbocycles. The Balaban J connectivity index is 1.65. The van der Waals surface area contributed by atoms with Gasteiger partial charge in [-0.1, -0.05) is 65.8 Å². The molecule has 3 aliphatic rings. The van der Waals surface area contributed by atoms with Crippen molar-refractivity contribution in [2.75, 3.05) is 0 Å². The molecule has 0 N–H and O–H groups in total. The Kier molecular flexibility index (Phi) is 3.32. The van der Waals surface area contributed by atoms with Gasteiger partial charge in [-0.3, -0.25) is 0 Å². The first-order valence-corrected chi connectivity index (χ1v) is 10.4. The van der Waals surface area contributed by atoms with Gasteiger partial charge in [0.05, 0.1) is 0 Å². The Hall–Kier alpha value is -2.08. The maximum atomic E-state index is 2.50. The lowest BCUT2D eigenvalue weighted by molar-refractivity contribution is 0.567. The second kappa shape index (κ2) is 5.25. The summed E-state index contributed by atoms with van der Waals surface area (Å²) in [6.07, 6.45) is 8.19. The molecule has 0 spiro atoms. The van der Waals surface area contributed by atoms with Crippen molar-refractivity contribution in [1.82, 2.24) is 0 Å². The molecule has 0 fully saturated rings. The first-order valence-electron chi connectivity index (χ1n) is 10.4. The van der Waals surface area contributed by atoms with Crippen molar-refractivity contribution >= 4 is 11.1 Å². The lowest BCUT2D eigenvalue weighted by Gasteiger charge is -2.23. The van der Waals surface area contributed by atoms with Gasteiger partial charge >= 0.3 is 0 Å². The molecule has 0 saturated carbocycles. The molecule has 0 bridgehead atoms. The molecule has 0 saturated heterocycles. The number of fused-ring (bicyclic) bond motifs is 5. The van der Waals surface area contributed by atoms with Crippen LogP contribution in [0.25, 0.3) is 22.3 Å². The largest absolute Gasteiger partial charge is 0.0758 e. The Bertz CT molecular complexity index is 957. The van der Waals surface area contributed by atoms with Crippen molar-refractivity contribution in [2.45, 2.75) is 60.8 Å². The minimum Gasteiger partial charge on any atom is -0.0758 e. The molecule has 0 radical (unpaired) electrons. The molecule has 27 heavy (non-hydrogen) atoms. The molecule has 2 aromatic rings. The van der Waals surface area contributed by atoms with E-state index >= 15 is 0 Å². The van der Waals surface area contributed by atoms with Crippen LogP contribution >= 0.6 is 0 Å². The van der Waals surface area contributed by atoms with Gasteiger partial charge in [0, 0.05) is 0 Å². The topological polar surface area (TPSA) is 0 Å². The first kappa shape index (κ1) is 17.0. The highest BCUT2D eigenvalue weighted by atomic mass is 14.3. The summed E-state index contributed by atoms with van der Waals surface area (Å²) in [6, 6.07) is 9.99. The Morgan fingerprint density at radius 2 is 0.926 bits per heavy atom. The van der Waals surface area contributed by atoms with Crippen LogP contribution in [0.3, 0.4) is 0 Å². The van der Waals surface area contributed by atoms with Gasteiger partial charge < -0.3 is 0 Å². The maximum Gasteiger partial charge on any atom is -0.00132 e. The van der Waals surface area contributed by atoms with E-state index < -0.39 is 0 Å². The first-order chi connectivity index (χ1) is 12.6. The Labute approximate surface area is 164 Å². The number of benzene rings is 2. The van der Waals surface area contributed by atoms with Crippen molar-refractivity contribution in [2.24, 2.45) is 10.8 Å². The van der Waals surface area contributed by atoms with Crippen LogP contribution in [-0.4, -0.2) is 0 Å². The van der Waals surface area contributed by atoms with Crippen LogP contribution in [0.1, 0.15) is 74.9 Å². The van der Waals surface area contributed by atoms with Crippen LogP contribution in [0.4, 0.5) is 0 Å². The van der Waals surface area contributed by atoms with E-state index in [1.54, 1.807) is 0 Å². The molecule has 0 heterocycles. The minimum atomic E-state index is 0.209. The van der Waals surface area contributed by atoms with E-state index in [-0.39, 0.29) is 10.8 Å². The zero-order chi connectivity index (χ0) is 19.1. The third kappa shape index (κ3) is 2.49. The second-order valence-corrected chi connectivity index (χ2v) is 10.7.